The molecule has 25 heavy (non-hydrogen) atoms. The Balaban J connectivity index is 1.42. The Hall–Kier alpha value is -2.29. The van der Waals surface area contributed by atoms with Crippen LogP contribution < -0.4 is 10.2 Å². The first-order valence-electron chi connectivity index (χ1n) is 7.88. The number of anilines is 2. The van der Waals surface area contributed by atoms with Gasteiger partial charge in [0.2, 0.25) is 0 Å². The maximum Gasteiger partial charge on any atom is 0.276 e. The maximum atomic E-state index is 12.4. The lowest BCUT2D eigenvalue weighted by Gasteiger charge is -2.28. The molecule has 1 saturated heterocycles. The van der Waals surface area contributed by atoms with E-state index in [2.05, 4.69) is 20.2 Å². The largest absolute Gasteiger partial charge is 0.378 e. The minimum atomic E-state index is -0.246. The van der Waals surface area contributed by atoms with Crippen molar-refractivity contribution in [2.45, 2.75) is 0 Å². The van der Waals surface area contributed by atoms with E-state index in [9.17, 15) is 4.79 Å². The van der Waals surface area contributed by atoms with Gasteiger partial charge in [-0.15, -0.1) is 11.3 Å². The lowest BCUT2D eigenvalue weighted by molar-refractivity contribution is 0.102. The number of pyridine rings is 1. The van der Waals surface area contributed by atoms with Crippen molar-refractivity contribution in [1.82, 2.24) is 9.97 Å². The van der Waals surface area contributed by atoms with E-state index in [0.29, 0.717) is 11.5 Å². The quantitative estimate of drug-likeness (QED) is 0.761. The molecule has 3 aromatic rings. The summed E-state index contributed by atoms with van der Waals surface area (Å²) in [4.78, 5) is 23.3. The van der Waals surface area contributed by atoms with E-state index in [1.54, 1.807) is 22.9 Å². The second kappa shape index (κ2) is 7.30. The van der Waals surface area contributed by atoms with Crippen LogP contribution in [0.5, 0.6) is 0 Å². The summed E-state index contributed by atoms with van der Waals surface area (Å²) in [5, 5.41) is 9.43. The molecule has 6 nitrogen and oxygen atoms in total. The van der Waals surface area contributed by atoms with Crippen LogP contribution in [-0.4, -0.2) is 42.2 Å². The molecular weight excluding hydrogens is 356 g/mol. The molecule has 0 atom stereocenters. The van der Waals surface area contributed by atoms with E-state index in [1.807, 2.05) is 29.0 Å². The number of carbonyl (C=O) groups is 1. The molecule has 0 unspecified atom stereocenters. The highest BCUT2D eigenvalue weighted by Crippen LogP contribution is 2.26. The Bertz CT molecular complexity index is 840. The molecular formula is C17H16N4O2S2. The molecule has 1 aliphatic rings. The van der Waals surface area contributed by atoms with Crippen molar-refractivity contribution in [1.29, 1.82) is 0 Å². The van der Waals surface area contributed by atoms with Gasteiger partial charge in [0.1, 0.15) is 16.5 Å². The second-order valence-electron chi connectivity index (χ2n) is 5.51. The minimum Gasteiger partial charge on any atom is -0.378 e. The number of hydrogen-bond donors (Lipinski definition) is 1. The first-order chi connectivity index (χ1) is 12.3. The number of nitrogens with one attached hydrogen (secondary N) is 1. The number of thiophene rings is 1. The van der Waals surface area contributed by atoms with Crippen LogP contribution in [0, 0.1) is 0 Å². The summed E-state index contributed by atoms with van der Waals surface area (Å²) in [6, 6.07) is 5.78. The molecule has 0 aromatic carbocycles. The van der Waals surface area contributed by atoms with E-state index >= 15 is 0 Å². The fraction of sp³-hybridized carbons (Fsp3) is 0.235. The number of aromatic nitrogens is 2. The molecule has 1 N–H and O–H groups in total. The number of amides is 1. The number of thiazole rings is 1. The topological polar surface area (TPSA) is 67.4 Å². The highest BCUT2D eigenvalue weighted by Gasteiger charge is 2.14. The van der Waals surface area contributed by atoms with Crippen LogP contribution in [0.25, 0.3) is 10.6 Å². The average molecular weight is 372 g/mol. The first-order valence-corrected chi connectivity index (χ1v) is 9.70. The summed E-state index contributed by atoms with van der Waals surface area (Å²) in [7, 11) is 0. The molecule has 1 amide bonds. The van der Waals surface area contributed by atoms with Crippen LogP contribution in [0.1, 0.15) is 10.5 Å². The molecule has 4 rings (SSSR count). The standard InChI is InChI=1S/C17H16N4O2S2/c22-16(14-11-25-17(19-14)12-3-8-24-10-12)20-15-2-1-13(9-18-15)21-4-6-23-7-5-21/h1-3,8-11H,4-7H2,(H,18,20,22). The second-order valence-corrected chi connectivity index (χ2v) is 7.14. The number of carbonyl (C=O) groups excluding carboxylic acids is 1. The SMILES string of the molecule is O=C(Nc1ccc(N2CCOCC2)cn1)c1csc(-c2ccsc2)n1. The van der Waals surface area contributed by atoms with Gasteiger partial charge in [0.15, 0.2) is 0 Å². The Labute approximate surface area is 153 Å². The third-order valence-corrected chi connectivity index (χ3v) is 5.45. The lowest BCUT2D eigenvalue weighted by atomic mass is 10.3. The molecule has 4 heterocycles. The smallest absolute Gasteiger partial charge is 0.276 e. The molecule has 0 aliphatic carbocycles. The van der Waals surface area contributed by atoms with Gasteiger partial charge < -0.3 is 15.0 Å². The third-order valence-electron chi connectivity index (χ3n) is 3.87. The van der Waals surface area contributed by atoms with E-state index < -0.39 is 0 Å². The van der Waals surface area contributed by atoms with Crippen molar-refractivity contribution in [2.24, 2.45) is 0 Å². The van der Waals surface area contributed by atoms with E-state index in [1.165, 1.54) is 11.3 Å². The zero-order valence-electron chi connectivity index (χ0n) is 13.3. The summed E-state index contributed by atoms with van der Waals surface area (Å²) in [5.74, 6) is 0.274. The van der Waals surface area contributed by atoms with Crippen LogP contribution >= 0.6 is 22.7 Å². The van der Waals surface area contributed by atoms with Crippen molar-refractivity contribution in [3.8, 4) is 10.6 Å². The van der Waals surface area contributed by atoms with Gasteiger partial charge >= 0.3 is 0 Å². The van der Waals surface area contributed by atoms with E-state index in [-0.39, 0.29) is 5.91 Å². The third kappa shape index (κ3) is 3.71. The summed E-state index contributed by atoms with van der Waals surface area (Å²) in [5.41, 5.74) is 2.49. The van der Waals surface area contributed by atoms with Gasteiger partial charge in [-0.3, -0.25) is 4.79 Å². The van der Waals surface area contributed by atoms with Crippen LogP contribution in [-0.2, 0) is 4.74 Å². The summed E-state index contributed by atoms with van der Waals surface area (Å²) in [6.45, 7) is 3.18. The van der Waals surface area contributed by atoms with Gasteiger partial charge in [-0.25, -0.2) is 9.97 Å². The summed E-state index contributed by atoms with van der Waals surface area (Å²) in [6.07, 6.45) is 1.78. The number of morpholine rings is 1. The van der Waals surface area contributed by atoms with E-state index in [4.69, 9.17) is 4.74 Å². The Kier molecular flexibility index (Phi) is 4.73. The fourth-order valence-electron chi connectivity index (χ4n) is 2.55. The highest BCUT2D eigenvalue weighted by atomic mass is 32.1. The predicted molar refractivity (Wildman–Crippen MR) is 101 cm³/mol. The zero-order chi connectivity index (χ0) is 17.1. The van der Waals surface area contributed by atoms with Crippen LogP contribution in [0.2, 0.25) is 0 Å². The van der Waals surface area contributed by atoms with Gasteiger partial charge in [-0.1, -0.05) is 0 Å². The molecule has 0 saturated carbocycles. The Morgan fingerprint density at radius 1 is 1.20 bits per heavy atom. The van der Waals surface area contributed by atoms with Crippen molar-refractivity contribution in [3.63, 3.8) is 0 Å². The molecule has 0 bridgehead atoms. The van der Waals surface area contributed by atoms with Gasteiger partial charge in [0, 0.05) is 29.4 Å². The van der Waals surface area contributed by atoms with Gasteiger partial charge in [0.05, 0.1) is 25.1 Å². The first kappa shape index (κ1) is 16.2. The van der Waals surface area contributed by atoms with Crippen molar-refractivity contribution in [3.05, 3.63) is 46.2 Å². The maximum absolute atomic E-state index is 12.4. The molecule has 8 heteroatoms. The summed E-state index contributed by atoms with van der Waals surface area (Å²) >= 11 is 3.08. The monoisotopic (exact) mass is 372 g/mol. The van der Waals surface area contributed by atoms with Crippen LogP contribution in [0.3, 0.4) is 0 Å². The molecule has 1 aliphatic heterocycles. The van der Waals surface area contributed by atoms with Crippen LogP contribution in [0.15, 0.2) is 40.5 Å². The number of rotatable bonds is 4. The Morgan fingerprint density at radius 3 is 2.80 bits per heavy atom. The number of ether oxygens (including phenoxy) is 1. The van der Waals surface area contributed by atoms with Gasteiger partial charge in [0.25, 0.3) is 5.91 Å². The Morgan fingerprint density at radius 2 is 2.08 bits per heavy atom. The lowest BCUT2D eigenvalue weighted by Crippen LogP contribution is -2.36. The minimum absolute atomic E-state index is 0.246. The molecule has 128 valence electrons. The normalized spacial score (nSPS) is 14.5. The number of hydrogen-bond acceptors (Lipinski definition) is 7. The van der Waals surface area contributed by atoms with Gasteiger partial charge in [-0.2, -0.15) is 11.3 Å². The van der Waals surface area contributed by atoms with Crippen molar-refractivity contribution >= 4 is 40.1 Å². The average Bonchev–Trinajstić information content (AvgIpc) is 3.35. The zero-order valence-corrected chi connectivity index (χ0v) is 15.0. The van der Waals surface area contributed by atoms with Gasteiger partial charge in [-0.05, 0) is 23.6 Å². The summed E-state index contributed by atoms with van der Waals surface area (Å²) < 4.78 is 5.35. The van der Waals surface area contributed by atoms with E-state index in [0.717, 1.165) is 42.6 Å². The van der Waals surface area contributed by atoms with Crippen molar-refractivity contribution in [2.75, 3.05) is 36.5 Å². The number of nitrogens with zero attached hydrogens (tertiary/aromatic N) is 3. The predicted octanol–water partition coefficient (Wildman–Crippen LogP) is 3.36. The molecule has 0 spiro atoms. The molecule has 1 fully saturated rings. The van der Waals surface area contributed by atoms with Crippen molar-refractivity contribution < 1.29 is 9.53 Å². The highest BCUT2D eigenvalue weighted by molar-refractivity contribution is 7.14. The molecule has 3 aromatic heterocycles. The molecule has 0 radical (unpaired) electrons. The fourth-order valence-corrected chi connectivity index (χ4v) is 4.06. The van der Waals surface area contributed by atoms with Crippen LogP contribution in [0.4, 0.5) is 11.5 Å².